The first kappa shape index (κ1) is 11.4. The van der Waals surface area contributed by atoms with Crippen molar-refractivity contribution in [3.05, 3.63) is 29.3 Å². The molecule has 0 amide bonds. The van der Waals surface area contributed by atoms with Gasteiger partial charge in [-0.2, -0.15) is 0 Å². The lowest BCUT2D eigenvalue weighted by molar-refractivity contribution is 0.0846. The van der Waals surface area contributed by atoms with Gasteiger partial charge in [0.2, 0.25) is 0 Å². The predicted molar refractivity (Wildman–Crippen MR) is 63.5 cm³/mol. The number of hydrogen-bond acceptors (Lipinski definition) is 3. The fourth-order valence-electron chi connectivity index (χ4n) is 2.01. The summed E-state index contributed by atoms with van der Waals surface area (Å²) in [5, 5.41) is 9.02. The van der Waals surface area contributed by atoms with Crippen LogP contribution in [-0.2, 0) is 6.42 Å². The second-order valence-electron chi connectivity index (χ2n) is 5.02. The van der Waals surface area contributed by atoms with Gasteiger partial charge in [-0.05, 0) is 43.9 Å². The van der Waals surface area contributed by atoms with Crippen molar-refractivity contribution in [3.8, 4) is 5.75 Å². The van der Waals surface area contributed by atoms with Gasteiger partial charge in [0.05, 0.1) is 12.6 Å². The Balaban J connectivity index is 2.28. The summed E-state index contributed by atoms with van der Waals surface area (Å²) in [4.78, 5) is 0. The lowest BCUT2D eigenvalue weighted by Crippen LogP contribution is -2.32. The molecule has 1 aliphatic heterocycles. The molecular weight excluding hydrogens is 202 g/mol. The Labute approximate surface area is 96.2 Å². The van der Waals surface area contributed by atoms with E-state index in [-0.39, 0.29) is 18.2 Å². The van der Waals surface area contributed by atoms with Gasteiger partial charge in [0.15, 0.2) is 0 Å². The normalized spacial score (nSPS) is 19.8. The summed E-state index contributed by atoms with van der Waals surface area (Å²) in [5.74, 6) is 0.949. The third-order valence-corrected chi connectivity index (χ3v) is 3.09. The third kappa shape index (κ3) is 2.20. The van der Waals surface area contributed by atoms with Gasteiger partial charge >= 0.3 is 0 Å². The second-order valence-corrected chi connectivity index (χ2v) is 5.02. The van der Waals surface area contributed by atoms with Crippen molar-refractivity contribution in [2.24, 2.45) is 5.73 Å². The van der Waals surface area contributed by atoms with E-state index in [1.807, 2.05) is 18.2 Å². The third-order valence-electron chi connectivity index (χ3n) is 3.09. The van der Waals surface area contributed by atoms with Crippen LogP contribution >= 0.6 is 0 Å². The predicted octanol–water partition coefficient (Wildman–Crippen LogP) is 1.78. The molecule has 3 nitrogen and oxygen atoms in total. The molecule has 0 aliphatic carbocycles. The Kier molecular flexibility index (Phi) is 2.91. The first-order valence-corrected chi connectivity index (χ1v) is 5.70. The molecular formula is C13H19NO2. The van der Waals surface area contributed by atoms with Crippen molar-refractivity contribution in [2.75, 3.05) is 6.61 Å². The van der Waals surface area contributed by atoms with Crippen LogP contribution in [0.3, 0.4) is 0 Å². The first-order valence-electron chi connectivity index (χ1n) is 5.70. The molecule has 0 spiro atoms. The zero-order chi connectivity index (χ0) is 11.8. The van der Waals surface area contributed by atoms with Crippen LogP contribution in [0.4, 0.5) is 0 Å². The van der Waals surface area contributed by atoms with Gasteiger partial charge in [0, 0.05) is 0 Å². The maximum absolute atomic E-state index is 9.02. The van der Waals surface area contributed by atoms with Crippen LogP contribution in [0, 0.1) is 0 Å². The monoisotopic (exact) mass is 221 g/mol. The standard InChI is InChI=1S/C13H19NO2/c1-13(2)6-5-10-7-9(11(14)8-15)3-4-12(10)16-13/h3-4,7,11,15H,5-6,8,14H2,1-2H3/t11-/m0/s1. The summed E-state index contributed by atoms with van der Waals surface area (Å²) in [7, 11) is 0. The van der Waals surface area contributed by atoms with Gasteiger partial charge in [0.25, 0.3) is 0 Å². The summed E-state index contributed by atoms with van der Waals surface area (Å²) in [6.07, 6.45) is 2.02. The number of benzene rings is 1. The van der Waals surface area contributed by atoms with E-state index < -0.39 is 0 Å². The fraction of sp³-hybridized carbons (Fsp3) is 0.538. The first-order chi connectivity index (χ1) is 7.52. The van der Waals surface area contributed by atoms with E-state index in [0.717, 1.165) is 24.2 Å². The van der Waals surface area contributed by atoms with Crippen molar-refractivity contribution in [2.45, 2.75) is 38.3 Å². The highest BCUT2D eigenvalue weighted by molar-refractivity contribution is 5.40. The molecule has 1 aromatic carbocycles. The highest BCUT2D eigenvalue weighted by Crippen LogP contribution is 2.34. The molecule has 3 N–H and O–H groups in total. The van der Waals surface area contributed by atoms with Crippen LogP contribution in [0.1, 0.15) is 37.4 Å². The molecule has 1 heterocycles. The van der Waals surface area contributed by atoms with E-state index in [9.17, 15) is 0 Å². The Morgan fingerprint density at radius 2 is 2.25 bits per heavy atom. The maximum atomic E-state index is 9.02. The average Bonchev–Trinajstić information content (AvgIpc) is 2.26. The Morgan fingerprint density at radius 1 is 1.50 bits per heavy atom. The lowest BCUT2D eigenvalue weighted by atomic mass is 9.92. The van der Waals surface area contributed by atoms with E-state index in [1.165, 1.54) is 5.56 Å². The minimum absolute atomic E-state index is 0.0227. The highest BCUT2D eigenvalue weighted by atomic mass is 16.5. The molecule has 16 heavy (non-hydrogen) atoms. The maximum Gasteiger partial charge on any atom is 0.123 e. The number of ether oxygens (including phenoxy) is 1. The van der Waals surface area contributed by atoms with Gasteiger partial charge in [0.1, 0.15) is 11.4 Å². The smallest absolute Gasteiger partial charge is 0.123 e. The number of hydrogen-bond donors (Lipinski definition) is 2. The second kappa shape index (κ2) is 4.07. The van der Waals surface area contributed by atoms with Crippen molar-refractivity contribution >= 4 is 0 Å². The fourth-order valence-corrected chi connectivity index (χ4v) is 2.01. The molecule has 0 saturated heterocycles. The minimum atomic E-state index is -0.291. The molecule has 1 aliphatic rings. The summed E-state index contributed by atoms with van der Waals surface area (Å²) in [5.41, 5.74) is 7.89. The molecule has 1 aromatic rings. The van der Waals surface area contributed by atoms with Crippen LogP contribution < -0.4 is 10.5 Å². The summed E-state index contributed by atoms with van der Waals surface area (Å²) >= 11 is 0. The zero-order valence-electron chi connectivity index (χ0n) is 9.86. The molecule has 0 unspecified atom stereocenters. The van der Waals surface area contributed by atoms with Gasteiger partial charge in [-0.25, -0.2) is 0 Å². The van der Waals surface area contributed by atoms with Crippen LogP contribution in [-0.4, -0.2) is 17.3 Å². The molecule has 0 aromatic heterocycles. The molecule has 0 radical (unpaired) electrons. The van der Waals surface area contributed by atoms with E-state index in [2.05, 4.69) is 13.8 Å². The molecule has 0 bridgehead atoms. The van der Waals surface area contributed by atoms with Crippen LogP contribution in [0.2, 0.25) is 0 Å². The molecule has 0 fully saturated rings. The summed E-state index contributed by atoms with van der Waals surface area (Å²) in [6, 6.07) is 5.65. The number of fused-ring (bicyclic) bond motifs is 1. The van der Waals surface area contributed by atoms with Gasteiger partial charge < -0.3 is 15.6 Å². The Morgan fingerprint density at radius 3 is 2.94 bits per heavy atom. The molecule has 1 atom stereocenters. The average molecular weight is 221 g/mol. The largest absolute Gasteiger partial charge is 0.488 e. The van der Waals surface area contributed by atoms with Crippen molar-refractivity contribution < 1.29 is 9.84 Å². The molecule has 3 heteroatoms. The number of aryl methyl sites for hydroxylation is 1. The number of aliphatic hydroxyl groups excluding tert-OH is 1. The van der Waals surface area contributed by atoms with Crippen molar-refractivity contribution in [1.82, 2.24) is 0 Å². The molecule has 0 saturated carbocycles. The summed E-state index contributed by atoms with van der Waals surface area (Å²) in [6.45, 7) is 4.18. The van der Waals surface area contributed by atoms with Crippen molar-refractivity contribution in [3.63, 3.8) is 0 Å². The highest BCUT2D eigenvalue weighted by Gasteiger charge is 2.26. The topological polar surface area (TPSA) is 55.5 Å². The zero-order valence-corrected chi connectivity index (χ0v) is 9.86. The molecule has 2 rings (SSSR count). The summed E-state index contributed by atoms with van der Waals surface area (Å²) < 4.78 is 5.88. The van der Waals surface area contributed by atoms with E-state index >= 15 is 0 Å². The van der Waals surface area contributed by atoms with Gasteiger partial charge in [-0.1, -0.05) is 12.1 Å². The number of nitrogens with two attached hydrogens (primary N) is 1. The van der Waals surface area contributed by atoms with Crippen molar-refractivity contribution in [1.29, 1.82) is 0 Å². The van der Waals surface area contributed by atoms with Gasteiger partial charge in [-0.3, -0.25) is 0 Å². The minimum Gasteiger partial charge on any atom is -0.488 e. The lowest BCUT2D eigenvalue weighted by Gasteiger charge is -2.33. The van der Waals surface area contributed by atoms with E-state index in [0.29, 0.717) is 0 Å². The quantitative estimate of drug-likeness (QED) is 0.800. The van der Waals surface area contributed by atoms with E-state index in [1.54, 1.807) is 0 Å². The van der Waals surface area contributed by atoms with Crippen LogP contribution in [0.5, 0.6) is 5.75 Å². The van der Waals surface area contributed by atoms with Crippen LogP contribution in [0.15, 0.2) is 18.2 Å². The van der Waals surface area contributed by atoms with Gasteiger partial charge in [-0.15, -0.1) is 0 Å². The number of rotatable bonds is 2. The SMILES string of the molecule is CC1(C)CCc2cc([C@@H](N)CO)ccc2O1. The Bertz CT molecular complexity index is 388. The van der Waals surface area contributed by atoms with E-state index in [4.69, 9.17) is 15.6 Å². The Hall–Kier alpha value is -1.06. The molecule has 88 valence electrons. The van der Waals surface area contributed by atoms with Crippen LogP contribution in [0.25, 0.3) is 0 Å². The number of aliphatic hydroxyl groups is 1.